The Bertz CT molecular complexity index is 916. The van der Waals surface area contributed by atoms with Crippen molar-refractivity contribution in [2.75, 3.05) is 0 Å². The van der Waals surface area contributed by atoms with E-state index >= 15 is 0 Å². The monoisotopic (exact) mass is 299 g/mol. The van der Waals surface area contributed by atoms with Gasteiger partial charge in [0, 0.05) is 11.6 Å². The number of nitrogens with one attached hydrogen (secondary N) is 1. The smallest absolute Gasteiger partial charge is 0.335 e. The number of aromatic amines is 1. The fourth-order valence-electron chi connectivity index (χ4n) is 2.10. The minimum absolute atomic E-state index is 0.111. The van der Waals surface area contributed by atoms with Crippen molar-refractivity contribution in [2.24, 2.45) is 0 Å². The third-order valence-corrected chi connectivity index (χ3v) is 3.17. The number of hydrogen-bond acceptors (Lipinski definition) is 5. The van der Waals surface area contributed by atoms with Crippen molar-refractivity contribution in [3.8, 4) is 17.1 Å². The summed E-state index contributed by atoms with van der Waals surface area (Å²) < 4.78 is 0. The van der Waals surface area contributed by atoms with Gasteiger partial charge >= 0.3 is 11.7 Å². The Kier molecular flexibility index (Phi) is 2.99. The number of aromatic nitrogens is 2. The highest BCUT2D eigenvalue weighted by Gasteiger charge is 2.16. The van der Waals surface area contributed by atoms with Crippen LogP contribution in [0, 0.1) is 10.1 Å². The molecule has 0 unspecified atom stereocenters. The lowest BCUT2D eigenvalue weighted by Crippen LogP contribution is -1.94. The molecule has 1 aromatic heterocycles. The molecule has 0 saturated heterocycles. The zero-order valence-corrected chi connectivity index (χ0v) is 11.0. The lowest BCUT2D eigenvalue weighted by Gasteiger charge is -1.99. The van der Waals surface area contributed by atoms with Gasteiger partial charge in [-0.1, -0.05) is 0 Å². The number of phenols is 1. The summed E-state index contributed by atoms with van der Waals surface area (Å²) in [7, 11) is 0. The SMILES string of the molecule is O=C(O)c1ccc2nc(-c3ccc(O)c([N+](=O)[O-])c3)[nH]c2c1. The predicted octanol–water partition coefficient (Wildman–Crippen LogP) is 2.54. The van der Waals surface area contributed by atoms with Crippen molar-refractivity contribution in [1.29, 1.82) is 0 Å². The van der Waals surface area contributed by atoms with Crippen molar-refractivity contribution in [2.45, 2.75) is 0 Å². The molecule has 0 saturated carbocycles. The Hall–Kier alpha value is -3.42. The molecule has 22 heavy (non-hydrogen) atoms. The maximum atomic E-state index is 10.9. The molecule has 0 aliphatic carbocycles. The molecule has 8 heteroatoms. The van der Waals surface area contributed by atoms with Crippen LogP contribution in [0.3, 0.4) is 0 Å². The summed E-state index contributed by atoms with van der Waals surface area (Å²) in [6.07, 6.45) is 0. The first-order valence-electron chi connectivity index (χ1n) is 6.16. The average Bonchev–Trinajstić information content (AvgIpc) is 2.90. The molecule has 0 fully saturated rings. The number of imidazole rings is 1. The molecule has 3 N–H and O–H groups in total. The molecule has 0 radical (unpaired) electrons. The number of nitro groups is 1. The van der Waals surface area contributed by atoms with Gasteiger partial charge in [0.05, 0.1) is 21.5 Å². The van der Waals surface area contributed by atoms with E-state index in [4.69, 9.17) is 5.11 Å². The number of nitrogens with zero attached hydrogens (tertiary/aromatic N) is 2. The number of carbonyl (C=O) groups is 1. The zero-order chi connectivity index (χ0) is 15.9. The molecule has 0 spiro atoms. The highest BCUT2D eigenvalue weighted by Crippen LogP contribution is 2.31. The van der Waals surface area contributed by atoms with E-state index in [1.165, 1.54) is 30.3 Å². The van der Waals surface area contributed by atoms with Crippen LogP contribution in [0.2, 0.25) is 0 Å². The summed E-state index contributed by atoms with van der Waals surface area (Å²) in [5, 5.41) is 29.3. The van der Waals surface area contributed by atoms with Gasteiger partial charge in [-0.05, 0) is 30.3 Å². The van der Waals surface area contributed by atoms with Crippen LogP contribution in [0.4, 0.5) is 5.69 Å². The molecule has 0 aliphatic rings. The van der Waals surface area contributed by atoms with Gasteiger partial charge in [-0.25, -0.2) is 9.78 Å². The number of carboxylic acids is 1. The minimum atomic E-state index is -1.06. The third kappa shape index (κ3) is 2.22. The highest BCUT2D eigenvalue weighted by atomic mass is 16.6. The molecular weight excluding hydrogens is 290 g/mol. The van der Waals surface area contributed by atoms with Crippen LogP contribution in [0.1, 0.15) is 10.4 Å². The number of nitro benzene ring substituents is 1. The summed E-state index contributed by atoms with van der Waals surface area (Å²) >= 11 is 0. The summed E-state index contributed by atoms with van der Waals surface area (Å²) in [6.45, 7) is 0. The van der Waals surface area contributed by atoms with Crippen LogP contribution in [0.15, 0.2) is 36.4 Å². The van der Waals surface area contributed by atoms with E-state index in [2.05, 4.69) is 9.97 Å². The summed E-state index contributed by atoms with van der Waals surface area (Å²) in [5.41, 5.74) is 1.14. The van der Waals surface area contributed by atoms with Gasteiger partial charge in [-0.15, -0.1) is 0 Å². The summed E-state index contributed by atoms with van der Waals surface area (Å²) in [5.74, 6) is -1.14. The molecule has 110 valence electrons. The number of H-pyrrole nitrogens is 1. The van der Waals surface area contributed by atoms with Crippen LogP contribution >= 0.6 is 0 Å². The second kappa shape index (κ2) is 4.85. The normalized spacial score (nSPS) is 10.7. The molecule has 0 atom stereocenters. The van der Waals surface area contributed by atoms with E-state index in [1.54, 1.807) is 6.07 Å². The van der Waals surface area contributed by atoms with Gasteiger partial charge in [0.25, 0.3) is 0 Å². The van der Waals surface area contributed by atoms with Crippen molar-refractivity contribution in [3.05, 3.63) is 52.1 Å². The Morgan fingerprint density at radius 2 is 2.00 bits per heavy atom. The number of aromatic carboxylic acids is 1. The first-order chi connectivity index (χ1) is 10.5. The van der Waals surface area contributed by atoms with Gasteiger partial charge in [-0.3, -0.25) is 10.1 Å². The van der Waals surface area contributed by atoms with Crippen molar-refractivity contribution >= 4 is 22.7 Å². The third-order valence-electron chi connectivity index (χ3n) is 3.17. The molecular formula is C14H9N3O5. The topological polar surface area (TPSA) is 129 Å². The van der Waals surface area contributed by atoms with Crippen molar-refractivity contribution < 1.29 is 19.9 Å². The first kappa shape index (κ1) is 13.6. The maximum absolute atomic E-state index is 10.9. The number of fused-ring (bicyclic) bond motifs is 1. The van der Waals surface area contributed by atoms with E-state index in [9.17, 15) is 20.0 Å². The second-order valence-corrected chi connectivity index (χ2v) is 4.58. The van der Waals surface area contributed by atoms with Crippen LogP contribution < -0.4 is 0 Å². The van der Waals surface area contributed by atoms with E-state index in [-0.39, 0.29) is 5.56 Å². The molecule has 1 heterocycles. The molecule has 3 aromatic rings. The largest absolute Gasteiger partial charge is 0.502 e. The standard InChI is InChI=1S/C14H9N3O5/c18-12-4-2-7(6-11(12)17(21)22)13-15-9-3-1-8(14(19)20)5-10(9)16-13/h1-6,18H,(H,15,16)(H,19,20). The number of aromatic hydroxyl groups is 1. The Morgan fingerprint density at radius 3 is 2.68 bits per heavy atom. The molecule has 0 bridgehead atoms. The molecule has 3 rings (SSSR count). The van der Waals surface area contributed by atoms with Gasteiger partial charge in [0.1, 0.15) is 5.82 Å². The number of rotatable bonds is 3. The zero-order valence-electron chi connectivity index (χ0n) is 11.0. The van der Waals surface area contributed by atoms with Crippen LogP contribution in [-0.4, -0.2) is 31.1 Å². The number of carboxylic acid groups (broad SMARTS) is 1. The maximum Gasteiger partial charge on any atom is 0.335 e. The fourth-order valence-corrected chi connectivity index (χ4v) is 2.10. The first-order valence-corrected chi connectivity index (χ1v) is 6.16. The number of benzene rings is 2. The van der Waals surface area contributed by atoms with E-state index in [0.717, 1.165) is 0 Å². The average molecular weight is 299 g/mol. The van der Waals surface area contributed by atoms with E-state index in [0.29, 0.717) is 22.4 Å². The molecule has 0 amide bonds. The summed E-state index contributed by atoms with van der Waals surface area (Å²) in [6, 6.07) is 8.30. The molecule has 0 aliphatic heterocycles. The molecule has 8 nitrogen and oxygen atoms in total. The lowest BCUT2D eigenvalue weighted by molar-refractivity contribution is -0.385. The van der Waals surface area contributed by atoms with Crippen molar-refractivity contribution in [1.82, 2.24) is 9.97 Å². The fraction of sp³-hybridized carbons (Fsp3) is 0. The molecule has 2 aromatic carbocycles. The van der Waals surface area contributed by atoms with Crippen LogP contribution in [0.5, 0.6) is 5.75 Å². The minimum Gasteiger partial charge on any atom is -0.502 e. The quantitative estimate of drug-likeness (QED) is 0.503. The Morgan fingerprint density at radius 1 is 1.23 bits per heavy atom. The van der Waals surface area contributed by atoms with Crippen LogP contribution in [0.25, 0.3) is 22.4 Å². The van der Waals surface area contributed by atoms with Gasteiger partial charge in [-0.2, -0.15) is 0 Å². The Balaban J connectivity index is 2.12. The van der Waals surface area contributed by atoms with Gasteiger partial charge in [0.15, 0.2) is 5.75 Å². The van der Waals surface area contributed by atoms with Crippen molar-refractivity contribution in [3.63, 3.8) is 0 Å². The highest BCUT2D eigenvalue weighted by molar-refractivity contribution is 5.93. The van der Waals surface area contributed by atoms with E-state index in [1.807, 2.05) is 0 Å². The number of phenolic OH excluding ortho intramolecular Hbond substituents is 1. The number of hydrogen-bond donors (Lipinski definition) is 3. The predicted molar refractivity (Wildman–Crippen MR) is 76.8 cm³/mol. The lowest BCUT2D eigenvalue weighted by atomic mass is 10.2. The summed E-state index contributed by atoms with van der Waals surface area (Å²) in [4.78, 5) is 28.3. The van der Waals surface area contributed by atoms with E-state index < -0.39 is 22.3 Å². The second-order valence-electron chi connectivity index (χ2n) is 4.58. The Labute approximate surface area is 122 Å². The van der Waals surface area contributed by atoms with Crippen LogP contribution in [-0.2, 0) is 0 Å². The van der Waals surface area contributed by atoms with Gasteiger partial charge < -0.3 is 15.2 Å². The van der Waals surface area contributed by atoms with Gasteiger partial charge in [0.2, 0.25) is 0 Å².